The Morgan fingerprint density at radius 2 is 2.00 bits per heavy atom. The van der Waals surface area contributed by atoms with Crippen LogP contribution >= 0.6 is 0 Å². The molecule has 18 heavy (non-hydrogen) atoms. The number of benzene rings is 1. The van der Waals surface area contributed by atoms with Gasteiger partial charge in [-0.2, -0.15) is 0 Å². The van der Waals surface area contributed by atoms with Gasteiger partial charge < -0.3 is 10.7 Å². The lowest BCUT2D eigenvalue weighted by Gasteiger charge is -2.04. The van der Waals surface area contributed by atoms with Gasteiger partial charge >= 0.3 is 0 Å². The van der Waals surface area contributed by atoms with Gasteiger partial charge in [-0.3, -0.25) is 4.98 Å². The zero-order valence-electron chi connectivity index (χ0n) is 10.1. The number of imidazole rings is 1. The van der Waals surface area contributed by atoms with Crippen molar-refractivity contribution in [2.45, 2.75) is 13.0 Å². The highest BCUT2D eigenvalue weighted by Crippen LogP contribution is 2.19. The van der Waals surface area contributed by atoms with Gasteiger partial charge in [0.2, 0.25) is 0 Å². The van der Waals surface area contributed by atoms with Crippen molar-refractivity contribution in [3.05, 3.63) is 48.2 Å². The van der Waals surface area contributed by atoms with Crippen LogP contribution in [-0.2, 0) is 0 Å². The van der Waals surface area contributed by atoms with E-state index in [1.165, 1.54) is 0 Å². The average Bonchev–Trinajstić information content (AvgIpc) is 2.82. The molecule has 0 saturated heterocycles. The molecule has 4 heteroatoms. The zero-order chi connectivity index (χ0) is 12.5. The summed E-state index contributed by atoms with van der Waals surface area (Å²) >= 11 is 0. The van der Waals surface area contributed by atoms with Crippen molar-refractivity contribution in [1.29, 1.82) is 0 Å². The van der Waals surface area contributed by atoms with E-state index in [0.717, 1.165) is 28.1 Å². The molecule has 0 saturated carbocycles. The van der Waals surface area contributed by atoms with Crippen molar-refractivity contribution in [2.75, 3.05) is 0 Å². The molecule has 0 spiro atoms. The Morgan fingerprint density at radius 1 is 1.17 bits per heavy atom. The van der Waals surface area contributed by atoms with Gasteiger partial charge in [0.1, 0.15) is 5.69 Å². The van der Waals surface area contributed by atoms with Crippen LogP contribution in [0.25, 0.3) is 22.6 Å². The van der Waals surface area contributed by atoms with Gasteiger partial charge in [0, 0.05) is 12.2 Å². The Hall–Kier alpha value is -2.20. The van der Waals surface area contributed by atoms with Crippen molar-refractivity contribution in [3.8, 4) is 11.5 Å². The molecule has 3 rings (SSSR count). The lowest BCUT2D eigenvalue weighted by Crippen LogP contribution is -2.05. The second-order valence-corrected chi connectivity index (χ2v) is 4.37. The molecule has 90 valence electrons. The van der Waals surface area contributed by atoms with Crippen LogP contribution < -0.4 is 5.73 Å². The van der Waals surface area contributed by atoms with Crippen LogP contribution in [0.3, 0.4) is 0 Å². The summed E-state index contributed by atoms with van der Waals surface area (Å²) in [6.07, 6.45) is 1.80. The number of rotatable bonds is 2. The van der Waals surface area contributed by atoms with Crippen LogP contribution in [0.5, 0.6) is 0 Å². The van der Waals surface area contributed by atoms with E-state index in [0.29, 0.717) is 0 Å². The Bertz CT molecular complexity index is 635. The third kappa shape index (κ3) is 1.87. The standard InChI is InChI=1S/C14H14N4/c1-9(15)10-6-7-13(16-8-10)14-17-11-4-2-3-5-12(11)18-14/h2-9H,15H2,1H3,(H,17,18). The highest BCUT2D eigenvalue weighted by molar-refractivity contribution is 5.78. The number of nitrogens with one attached hydrogen (secondary N) is 1. The monoisotopic (exact) mass is 238 g/mol. The van der Waals surface area contributed by atoms with E-state index in [1.54, 1.807) is 6.20 Å². The molecule has 2 heterocycles. The maximum atomic E-state index is 5.80. The highest BCUT2D eigenvalue weighted by Gasteiger charge is 2.06. The first-order chi connectivity index (χ1) is 8.74. The van der Waals surface area contributed by atoms with Crippen LogP contribution in [0.15, 0.2) is 42.6 Å². The summed E-state index contributed by atoms with van der Waals surface area (Å²) in [6, 6.07) is 11.9. The van der Waals surface area contributed by atoms with E-state index >= 15 is 0 Å². The lowest BCUT2D eigenvalue weighted by molar-refractivity contribution is 0.812. The maximum absolute atomic E-state index is 5.80. The highest BCUT2D eigenvalue weighted by atomic mass is 14.9. The summed E-state index contributed by atoms with van der Waals surface area (Å²) in [7, 11) is 0. The van der Waals surface area contributed by atoms with Crippen LogP contribution in [0.4, 0.5) is 0 Å². The van der Waals surface area contributed by atoms with E-state index in [-0.39, 0.29) is 6.04 Å². The molecule has 2 aromatic heterocycles. The summed E-state index contributed by atoms with van der Waals surface area (Å²) in [5, 5.41) is 0. The van der Waals surface area contributed by atoms with Gasteiger partial charge in [0.15, 0.2) is 5.82 Å². The molecule has 0 amide bonds. The number of fused-ring (bicyclic) bond motifs is 1. The fraction of sp³-hybridized carbons (Fsp3) is 0.143. The van der Waals surface area contributed by atoms with Gasteiger partial charge in [-0.15, -0.1) is 0 Å². The lowest BCUT2D eigenvalue weighted by atomic mass is 10.1. The van der Waals surface area contributed by atoms with E-state index in [9.17, 15) is 0 Å². The van der Waals surface area contributed by atoms with Gasteiger partial charge in [0.05, 0.1) is 11.0 Å². The SMILES string of the molecule is CC(N)c1ccc(-c2nc3ccccc3[nH]2)nc1. The molecule has 0 radical (unpaired) electrons. The molecule has 4 nitrogen and oxygen atoms in total. The Kier molecular flexibility index (Phi) is 2.57. The number of aromatic amines is 1. The summed E-state index contributed by atoms with van der Waals surface area (Å²) in [5.41, 5.74) is 9.62. The van der Waals surface area contributed by atoms with Crippen LogP contribution in [0.2, 0.25) is 0 Å². The Balaban J connectivity index is 2.03. The van der Waals surface area contributed by atoms with Crippen molar-refractivity contribution in [1.82, 2.24) is 15.0 Å². The molecule has 3 N–H and O–H groups in total. The Morgan fingerprint density at radius 3 is 2.67 bits per heavy atom. The molecule has 3 aromatic rings. The van der Waals surface area contributed by atoms with Gasteiger partial charge in [-0.05, 0) is 30.7 Å². The van der Waals surface area contributed by atoms with Crippen LogP contribution in [0.1, 0.15) is 18.5 Å². The third-order valence-electron chi connectivity index (χ3n) is 2.94. The van der Waals surface area contributed by atoms with Crippen molar-refractivity contribution < 1.29 is 0 Å². The van der Waals surface area contributed by atoms with Gasteiger partial charge in [-0.25, -0.2) is 4.98 Å². The number of H-pyrrole nitrogens is 1. The predicted molar refractivity (Wildman–Crippen MR) is 71.9 cm³/mol. The smallest absolute Gasteiger partial charge is 0.157 e. The second kappa shape index (κ2) is 4.23. The molecule has 0 fully saturated rings. The van der Waals surface area contributed by atoms with Crippen molar-refractivity contribution >= 4 is 11.0 Å². The minimum Gasteiger partial charge on any atom is -0.337 e. The van der Waals surface area contributed by atoms with E-state index < -0.39 is 0 Å². The minimum absolute atomic E-state index is 0.00206. The van der Waals surface area contributed by atoms with E-state index in [1.807, 2.05) is 43.3 Å². The minimum atomic E-state index is 0.00206. The fourth-order valence-corrected chi connectivity index (χ4v) is 1.89. The first kappa shape index (κ1) is 10.9. The van der Waals surface area contributed by atoms with E-state index in [2.05, 4.69) is 15.0 Å². The summed E-state index contributed by atoms with van der Waals surface area (Å²) < 4.78 is 0. The number of nitrogens with two attached hydrogens (primary N) is 1. The molecule has 0 aliphatic carbocycles. The first-order valence-electron chi connectivity index (χ1n) is 5.91. The number of para-hydroxylation sites is 2. The van der Waals surface area contributed by atoms with Gasteiger partial charge in [0.25, 0.3) is 0 Å². The summed E-state index contributed by atoms with van der Waals surface area (Å²) in [6.45, 7) is 1.94. The van der Waals surface area contributed by atoms with Crippen molar-refractivity contribution in [2.24, 2.45) is 5.73 Å². The number of hydrogen-bond donors (Lipinski definition) is 2. The van der Waals surface area contributed by atoms with Crippen molar-refractivity contribution in [3.63, 3.8) is 0 Å². The quantitative estimate of drug-likeness (QED) is 0.721. The molecular formula is C14H14N4. The first-order valence-corrected chi connectivity index (χ1v) is 5.91. The molecular weight excluding hydrogens is 224 g/mol. The number of hydrogen-bond acceptors (Lipinski definition) is 3. The molecule has 1 aromatic carbocycles. The topological polar surface area (TPSA) is 67.6 Å². The van der Waals surface area contributed by atoms with Gasteiger partial charge in [-0.1, -0.05) is 18.2 Å². The molecule has 0 aliphatic rings. The Labute approximate surface area is 105 Å². The number of pyridine rings is 1. The largest absolute Gasteiger partial charge is 0.337 e. The third-order valence-corrected chi connectivity index (χ3v) is 2.94. The van der Waals surface area contributed by atoms with Crippen LogP contribution in [0, 0.1) is 0 Å². The predicted octanol–water partition coefficient (Wildman–Crippen LogP) is 2.64. The average molecular weight is 238 g/mol. The number of nitrogens with zero attached hydrogens (tertiary/aromatic N) is 2. The summed E-state index contributed by atoms with van der Waals surface area (Å²) in [4.78, 5) is 12.2. The summed E-state index contributed by atoms with van der Waals surface area (Å²) in [5.74, 6) is 0.785. The van der Waals surface area contributed by atoms with E-state index in [4.69, 9.17) is 5.73 Å². The molecule has 1 atom stereocenters. The maximum Gasteiger partial charge on any atom is 0.157 e. The molecule has 0 aliphatic heterocycles. The molecule has 0 bridgehead atoms. The number of aromatic nitrogens is 3. The van der Waals surface area contributed by atoms with Crippen LogP contribution in [-0.4, -0.2) is 15.0 Å². The second-order valence-electron chi connectivity index (χ2n) is 4.37. The molecule has 1 unspecified atom stereocenters. The zero-order valence-corrected chi connectivity index (χ0v) is 10.1. The normalized spacial score (nSPS) is 12.8. The fourth-order valence-electron chi connectivity index (χ4n) is 1.89.